The third-order valence-corrected chi connectivity index (χ3v) is 11.6. The van der Waals surface area contributed by atoms with Gasteiger partial charge in [-0.3, -0.25) is 14.4 Å². The summed E-state index contributed by atoms with van der Waals surface area (Å²) in [5.74, 6) is 1.05. The first kappa shape index (κ1) is 61.0. The number of hydrogen-bond donors (Lipinski definition) is 3. The average Bonchev–Trinajstić information content (AvgIpc) is 3.22. The van der Waals surface area contributed by atoms with Gasteiger partial charge in [0.1, 0.15) is 37.7 Å². The molecule has 0 radical (unpaired) electrons. The minimum absolute atomic E-state index is 0. The molecule has 1 unspecified atom stereocenters. The van der Waals surface area contributed by atoms with E-state index in [1.807, 2.05) is 55.5 Å². The van der Waals surface area contributed by atoms with Gasteiger partial charge in [-0.1, -0.05) is 89.9 Å². The number of fused-ring (bicyclic) bond motifs is 2. The molecule has 338 valence electrons. The van der Waals surface area contributed by atoms with E-state index in [2.05, 4.69) is 0 Å². The molecule has 0 aliphatic heterocycles. The SMILES string of the molecule is C.C.C.C.CC(C)(OCCO)C(=O)c1ccc(OCCO)cc1.Cc1cc(C)c(C(=O)P(=O)([O-])c2ccccc2)c(C)c1.O=c1c2ccccc2sc2ccc(OCCO)cc12.[Na+]. The van der Waals surface area contributed by atoms with Crippen molar-refractivity contribution in [1.29, 1.82) is 0 Å². The Labute approximate surface area is 399 Å². The van der Waals surface area contributed by atoms with E-state index in [4.69, 9.17) is 29.5 Å². The van der Waals surface area contributed by atoms with Crippen molar-refractivity contribution in [2.24, 2.45) is 0 Å². The zero-order valence-corrected chi connectivity index (χ0v) is 37.8. The molecule has 3 N–H and O–H groups in total. The predicted octanol–water partition coefficient (Wildman–Crippen LogP) is 6.08. The number of rotatable bonds is 14. The van der Waals surface area contributed by atoms with Crippen molar-refractivity contribution in [3.8, 4) is 11.5 Å². The number of aryl methyl sites for hydroxylation is 3. The zero-order valence-electron chi connectivity index (χ0n) is 34.1. The Hall–Kier alpha value is -4.04. The van der Waals surface area contributed by atoms with Crippen molar-refractivity contribution in [2.45, 2.75) is 69.9 Å². The number of Topliss-reactive ketones (excluding diaryl/α,β-unsaturated/α-hetero) is 1. The van der Waals surface area contributed by atoms with Gasteiger partial charge in [0.15, 0.2) is 11.2 Å². The predicted molar refractivity (Wildman–Crippen MR) is 254 cm³/mol. The van der Waals surface area contributed by atoms with Crippen LogP contribution in [0.5, 0.6) is 11.5 Å². The summed E-state index contributed by atoms with van der Waals surface area (Å²) >= 11 is 1.59. The van der Waals surface area contributed by atoms with Crippen LogP contribution >= 0.6 is 18.7 Å². The summed E-state index contributed by atoms with van der Waals surface area (Å²) in [5.41, 5.74) is 1.45. The molecular formula is C49H64NaO11PS. The zero-order chi connectivity index (χ0) is 42.5. The number of carbonyl (C=O) groups excluding carboxylic acids is 2. The molecule has 6 aromatic rings. The molecule has 11 nitrogen and oxygen atoms in total. The van der Waals surface area contributed by atoms with Gasteiger partial charge in [-0.05, 0) is 100 Å². The quantitative estimate of drug-likeness (QED) is 0.0500. The van der Waals surface area contributed by atoms with Crippen LogP contribution in [0.3, 0.4) is 0 Å². The second kappa shape index (κ2) is 28.7. The normalized spacial score (nSPS) is 11.1. The van der Waals surface area contributed by atoms with E-state index in [9.17, 15) is 23.8 Å². The van der Waals surface area contributed by atoms with Crippen LogP contribution in [0.15, 0.2) is 114 Å². The van der Waals surface area contributed by atoms with Gasteiger partial charge in [-0.25, -0.2) is 0 Å². The Morgan fingerprint density at radius 3 is 1.71 bits per heavy atom. The molecule has 6 rings (SSSR count). The summed E-state index contributed by atoms with van der Waals surface area (Å²) in [6.45, 7) is 9.14. The van der Waals surface area contributed by atoms with Crippen molar-refractivity contribution < 1.29 is 78.1 Å². The van der Waals surface area contributed by atoms with E-state index in [1.165, 1.54) is 12.1 Å². The Morgan fingerprint density at radius 2 is 1.16 bits per heavy atom. The third-order valence-electron chi connectivity index (χ3n) is 8.74. The summed E-state index contributed by atoms with van der Waals surface area (Å²) in [5, 5.41) is 27.6. The molecule has 0 fully saturated rings. The van der Waals surface area contributed by atoms with Crippen LogP contribution in [0.1, 0.15) is 81.0 Å². The summed E-state index contributed by atoms with van der Waals surface area (Å²) in [6.07, 6.45) is 0. The Morgan fingerprint density at radius 1 is 0.667 bits per heavy atom. The first-order valence-electron chi connectivity index (χ1n) is 18.5. The van der Waals surface area contributed by atoms with Crippen LogP contribution in [0.2, 0.25) is 0 Å². The fourth-order valence-corrected chi connectivity index (χ4v) is 8.52. The molecular weight excluding hydrogens is 851 g/mol. The van der Waals surface area contributed by atoms with Gasteiger partial charge in [0, 0.05) is 36.6 Å². The number of aliphatic hydroxyl groups is 3. The summed E-state index contributed by atoms with van der Waals surface area (Å²) in [6, 6.07) is 31.2. The molecule has 0 amide bonds. The first-order chi connectivity index (χ1) is 27.6. The number of ether oxygens (including phenoxy) is 3. The van der Waals surface area contributed by atoms with E-state index in [1.54, 1.807) is 87.6 Å². The molecule has 0 saturated heterocycles. The van der Waals surface area contributed by atoms with Crippen LogP contribution in [0, 0.1) is 20.8 Å². The fraction of sp³-hybridized carbons (Fsp3) is 0.327. The molecule has 1 heterocycles. The van der Waals surface area contributed by atoms with Crippen molar-refractivity contribution in [1.82, 2.24) is 0 Å². The largest absolute Gasteiger partial charge is 1.00 e. The number of benzene rings is 5. The average molecular weight is 915 g/mol. The minimum Gasteiger partial charge on any atom is -0.790 e. The summed E-state index contributed by atoms with van der Waals surface area (Å²) in [7, 11) is -4.32. The number of hydrogen-bond acceptors (Lipinski definition) is 12. The van der Waals surface area contributed by atoms with Gasteiger partial charge >= 0.3 is 29.6 Å². The van der Waals surface area contributed by atoms with Crippen LogP contribution in [0.25, 0.3) is 20.2 Å². The van der Waals surface area contributed by atoms with Gasteiger partial charge in [-0.15, -0.1) is 11.3 Å². The topological polar surface area (TPSA) is 180 Å². The van der Waals surface area contributed by atoms with Gasteiger partial charge in [0.25, 0.3) is 0 Å². The smallest absolute Gasteiger partial charge is 0.790 e. The second-order valence-electron chi connectivity index (χ2n) is 13.6. The monoisotopic (exact) mass is 914 g/mol. The number of aliphatic hydroxyl groups excluding tert-OH is 3. The molecule has 0 aliphatic carbocycles. The molecule has 0 spiro atoms. The molecule has 1 aromatic heterocycles. The summed E-state index contributed by atoms with van der Waals surface area (Å²) in [4.78, 5) is 49.5. The maximum Gasteiger partial charge on any atom is 1.00 e. The van der Waals surface area contributed by atoms with E-state index in [0.717, 1.165) is 20.3 Å². The Kier molecular flexibility index (Phi) is 27.8. The van der Waals surface area contributed by atoms with Crippen molar-refractivity contribution in [3.63, 3.8) is 0 Å². The summed E-state index contributed by atoms with van der Waals surface area (Å²) < 4.78 is 30.2. The molecule has 5 aromatic carbocycles. The van der Waals surface area contributed by atoms with Gasteiger partial charge in [0.2, 0.25) is 5.52 Å². The number of carbonyl (C=O) groups is 2. The van der Waals surface area contributed by atoms with Gasteiger partial charge < -0.3 is 39.0 Å². The standard InChI is InChI=1S/C16H17O3P.C15H12O3S.C14H20O5.4CH4.Na/c1-11-9-12(2)15(13(3)10-11)16(17)20(18,19)14-7-5-4-6-8-14;16-7-8-18-10-5-6-14-12(9-10)15(17)11-3-1-2-4-13(11)19-14;1-14(2,19-10-8-16)13(17)11-3-5-12(6-4-11)18-9-7-15;;;;;/h4-10H,1-3H3,(H,18,19);1-6,9,16H,7-8H2;3-6,15-16H,7-10H2,1-2H3;4*1H4;/q;;;;;;;+1/p-1. The van der Waals surface area contributed by atoms with Crippen molar-refractivity contribution in [2.75, 3.05) is 39.6 Å². The fourth-order valence-electron chi connectivity index (χ4n) is 6.02. The molecule has 0 aliphatic rings. The van der Waals surface area contributed by atoms with Crippen molar-refractivity contribution in [3.05, 3.63) is 147 Å². The van der Waals surface area contributed by atoms with Gasteiger partial charge in [-0.2, -0.15) is 0 Å². The molecule has 14 heteroatoms. The maximum absolute atomic E-state index is 12.4. The van der Waals surface area contributed by atoms with E-state index < -0.39 is 18.5 Å². The second-order valence-corrected chi connectivity index (χ2v) is 16.7. The molecule has 63 heavy (non-hydrogen) atoms. The molecule has 1 atom stereocenters. The van der Waals surface area contributed by atoms with E-state index in [-0.39, 0.29) is 121 Å². The van der Waals surface area contributed by atoms with E-state index >= 15 is 0 Å². The van der Waals surface area contributed by atoms with Crippen molar-refractivity contribution >= 4 is 55.5 Å². The first-order valence-corrected chi connectivity index (χ1v) is 20.9. The number of ketones is 1. The van der Waals surface area contributed by atoms with Crippen LogP contribution in [-0.2, 0) is 9.30 Å². The minimum atomic E-state index is -4.32. The van der Waals surface area contributed by atoms with E-state index in [0.29, 0.717) is 33.6 Å². The molecule has 0 saturated carbocycles. The van der Waals surface area contributed by atoms with Crippen LogP contribution in [-0.4, -0.2) is 71.9 Å². The molecule has 0 bridgehead atoms. The maximum atomic E-state index is 12.4. The van der Waals surface area contributed by atoms with Crippen LogP contribution < -0.4 is 54.7 Å². The Bertz CT molecular complexity index is 2410. The van der Waals surface area contributed by atoms with Gasteiger partial charge in [0.05, 0.1) is 26.4 Å². The van der Waals surface area contributed by atoms with Crippen LogP contribution in [0.4, 0.5) is 0 Å². The third kappa shape index (κ3) is 16.5. The Balaban J connectivity index is 0.